The van der Waals surface area contributed by atoms with Crippen LogP contribution in [-0.4, -0.2) is 19.0 Å². The van der Waals surface area contributed by atoms with Gasteiger partial charge in [-0.2, -0.15) is 0 Å². The van der Waals surface area contributed by atoms with Gasteiger partial charge in [0.25, 0.3) is 0 Å². The van der Waals surface area contributed by atoms with Crippen LogP contribution in [0, 0.1) is 0 Å². The number of hydrogen-bond donors (Lipinski definition) is 0. The fourth-order valence-electron chi connectivity index (χ4n) is 1.04. The van der Waals surface area contributed by atoms with Gasteiger partial charge in [-0.3, -0.25) is 0 Å². The molecule has 0 spiro atoms. The largest absolute Gasteiger partial charge is 0.353 e. The summed E-state index contributed by atoms with van der Waals surface area (Å²) in [7, 11) is 0. The van der Waals surface area contributed by atoms with Crippen molar-refractivity contribution in [3.8, 4) is 0 Å². The predicted molar refractivity (Wildman–Crippen MR) is 35.2 cm³/mol. The fourth-order valence-corrected chi connectivity index (χ4v) is 1.04. The minimum atomic E-state index is 0.0173. The number of rotatable bonds is 1. The van der Waals surface area contributed by atoms with Crippen molar-refractivity contribution in [1.29, 1.82) is 0 Å². The quantitative estimate of drug-likeness (QED) is 0.536. The van der Waals surface area contributed by atoms with Gasteiger partial charge < -0.3 is 9.47 Å². The maximum atomic E-state index is 5.41. The molecule has 2 atom stereocenters. The van der Waals surface area contributed by atoms with E-state index in [4.69, 9.17) is 9.47 Å². The number of hydrogen-bond acceptors (Lipinski definition) is 2. The van der Waals surface area contributed by atoms with Crippen molar-refractivity contribution in [3.05, 3.63) is 0 Å². The van der Waals surface area contributed by atoms with Gasteiger partial charge in [-0.1, -0.05) is 6.92 Å². The van der Waals surface area contributed by atoms with E-state index in [9.17, 15) is 0 Å². The molecule has 1 heterocycles. The Kier molecular flexibility index (Phi) is 2.49. The van der Waals surface area contributed by atoms with Crippen LogP contribution in [0.2, 0.25) is 0 Å². The lowest BCUT2D eigenvalue weighted by molar-refractivity contribution is -0.202. The van der Waals surface area contributed by atoms with Crippen LogP contribution in [0.4, 0.5) is 0 Å². The molecule has 9 heavy (non-hydrogen) atoms. The smallest absolute Gasteiger partial charge is 0.155 e. The summed E-state index contributed by atoms with van der Waals surface area (Å²) in [5, 5.41) is 0. The first-order chi connectivity index (χ1) is 4.33. The van der Waals surface area contributed by atoms with E-state index in [1.807, 2.05) is 6.92 Å². The lowest BCUT2D eigenvalue weighted by Crippen LogP contribution is -2.29. The van der Waals surface area contributed by atoms with Crippen LogP contribution >= 0.6 is 0 Å². The van der Waals surface area contributed by atoms with E-state index in [0.717, 1.165) is 19.4 Å². The molecular formula is C7H14O2. The molecule has 1 saturated heterocycles. The lowest BCUT2D eigenvalue weighted by atomic mass is 10.2. The van der Waals surface area contributed by atoms with E-state index in [1.54, 1.807) is 0 Å². The molecule has 0 aromatic heterocycles. The van der Waals surface area contributed by atoms with Gasteiger partial charge in [0, 0.05) is 0 Å². The lowest BCUT2D eigenvalue weighted by Gasteiger charge is -2.26. The van der Waals surface area contributed by atoms with E-state index in [-0.39, 0.29) is 6.29 Å². The molecule has 0 N–H and O–H groups in total. The van der Waals surface area contributed by atoms with Gasteiger partial charge in [0.05, 0.1) is 12.7 Å². The Bertz CT molecular complexity index is 83.0. The molecule has 0 radical (unpaired) electrons. The van der Waals surface area contributed by atoms with Crippen LogP contribution < -0.4 is 0 Å². The first kappa shape index (κ1) is 7.03. The third-order valence-corrected chi connectivity index (χ3v) is 1.63. The van der Waals surface area contributed by atoms with Gasteiger partial charge in [0.1, 0.15) is 0 Å². The van der Waals surface area contributed by atoms with Gasteiger partial charge in [0.2, 0.25) is 0 Å². The zero-order valence-corrected chi connectivity index (χ0v) is 6.09. The van der Waals surface area contributed by atoms with E-state index < -0.39 is 0 Å². The molecule has 2 nitrogen and oxygen atoms in total. The summed E-state index contributed by atoms with van der Waals surface area (Å²) in [6, 6.07) is 0. The molecular weight excluding hydrogens is 116 g/mol. The van der Waals surface area contributed by atoms with Gasteiger partial charge in [-0.15, -0.1) is 0 Å². The first-order valence-corrected chi connectivity index (χ1v) is 3.60. The monoisotopic (exact) mass is 130 g/mol. The highest BCUT2D eigenvalue weighted by Gasteiger charge is 2.16. The van der Waals surface area contributed by atoms with Crippen LogP contribution in [0.3, 0.4) is 0 Å². The third-order valence-electron chi connectivity index (χ3n) is 1.63. The highest BCUT2D eigenvalue weighted by atomic mass is 16.7. The van der Waals surface area contributed by atoms with Crippen molar-refractivity contribution < 1.29 is 9.47 Å². The maximum absolute atomic E-state index is 5.41. The molecule has 1 aliphatic rings. The second-order valence-electron chi connectivity index (χ2n) is 2.39. The van der Waals surface area contributed by atoms with Gasteiger partial charge in [0.15, 0.2) is 6.29 Å². The van der Waals surface area contributed by atoms with Crippen molar-refractivity contribution in [2.45, 2.75) is 39.1 Å². The van der Waals surface area contributed by atoms with E-state index >= 15 is 0 Å². The van der Waals surface area contributed by atoms with Crippen LogP contribution in [0.25, 0.3) is 0 Å². The van der Waals surface area contributed by atoms with E-state index in [1.165, 1.54) is 0 Å². The molecule has 0 aliphatic carbocycles. The molecule has 2 heteroatoms. The minimum absolute atomic E-state index is 0.0173. The molecule has 2 unspecified atom stereocenters. The van der Waals surface area contributed by atoms with Gasteiger partial charge in [-0.25, -0.2) is 0 Å². The predicted octanol–water partition coefficient (Wildman–Crippen LogP) is 1.55. The Morgan fingerprint density at radius 1 is 1.56 bits per heavy atom. The average Bonchev–Trinajstić information content (AvgIpc) is 1.88. The SMILES string of the molecule is CCC1CCOC(C)O1. The fraction of sp³-hybridized carbons (Fsp3) is 1.00. The average molecular weight is 130 g/mol. The van der Waals surface area contributed by atoms with Crippen molar-refractivity contribution in [1.82, 2.24) is 0 Å². The third kappa shape index (κ3) is 1.95. The molecule has 0 aromatic carbocycles. The molecule has 0 aromatic rings. The Morgan fingerprint density at radius 3 is 2.78 bits per heavy atom. The van der Waals surface area contributed by atoms with Gasteiger partial charge >= 0.3 is 0 Å². The molecule has 0 saturated carbocycles. The van der Waals surface area contributed by atoms with Crippen molar-refractivity contribution in [3.63, 3.8) is 0 Å². The summed E-state index contributed by atoms with van der Waals surface area (Å²) in [6.45, 7) is 4.95. The van der Waals surface area contributed by atoms with Crippen molar-refractivity contribution >= 4 is 0 Å². The molecule has 1 aliphatic heterocycles. The second kappa shape index (κ2) is 3.18. The van der Waals surface area contributed by atoms with Crippen molar-refractivity contribution in [2.24, 2.45) is 0 Å². The molecule has 0 bridgehead atoms. The molecule has 1 rings (SSSR count). The highest BCUT2D eigenvalue weighted by molar-refractivity contribution is 4.59. The molecule has 54 valence electrons. The second-order valence-corrected chi connectivity index (χ2v) is 2.39. The van der Waals surface area contributed by atoms with Gasteiger partial charge in [-0.05, 0) is 19.8 Å². The summed E-state index contributed by atoms with van der Waals surface area (Å²) < 4.78 is 10.6. The molecule has 1 fully saturated rings. The zero-order chi connectivity index (χ0) is 6.69. The van der Waals surface area contributed by atoms with Crippen LogP contribution in [0.1, 0.15) is 26.7 Å². The Labute approximate surface area is 56.2 Å². The van der Waals surface area contributed by atoms with Crippen molar-refractivity contribution in [2.75, 3.05) is 6.61 Å². The maximum Gasteiger partial charge on any atom is 0.155 e. The summed E-state index contributed by atoms with van der Waals surface area (Å²) in [5.74, 6) is 0. The number of ether oxygens (including phenoxy) is 2. The van der Waals surface area contributed by atoms with E-state index in [0.29, 0.717) is 6.10 Å². The summed E-state index contributed by atoms with van der Waals surface area (Å²) in [6.07, 6.45) is 2.62. The Morgan fingerprint density at radius 2 is 2.33 bits per heavy atom. The minimum Gasteiger partial charge on any atom is -0.353 e. The topological polar surface area (TPSA) is 18.5 Å². The van der Waals surface area contributed by atoms with Crippen LogP contribution in [-0.2, 0) is 9.47 Å². The Hall–Kier alpha value is -0.0800. The first-order valence-electron chi connectivity index (χ1n) is 3.60. The normalized spacial score (nSPS) is 36.7. The summed E-state index contributed by atoms with van der Waals surface area (Å²) in [4.78, 5) is 0. The summed E-state index contributed by atoms with van der Waals surface area (Å²) in [5.41, 5.74) is 0. The molecule has 0 amide bonds. The highest BCUT2D eigenvalue weighted by Crippen LogP contribution is 2.13. The Balaban J connectivity index is 2.23. The van der Waals surface area contributed by atoms with Crippen LogP contribution in [0.5, 0.6) is 0 Å². The van der Waals surface area contributed by atoms with E-state index in [2.05, 4.69) is 6.92 Å². The zero-order valence-electron chi connectivity index (χ0n) is 6.09. The standard InChI is InChI=1S/C7H14O2/c1-3-7-4-5-8-6(2)9-7/h6-7H,3-5H2,1-2H3. The summed E-state index contributed by atoms with van der Waals surface area (Å²) >= 11 is 0. The van der Waals surface area contributed by atoms with Crippen LogP contribution in [0.15, 0.2) is 0 Å².